The molecule has 1 N–H and O–H groups in total. The molecule has 1 saturated heterocycles. The molecule has 2 aromatic rings. The van der Waals surface area contributed by atoms with Crippen molar-refractivity contribution in [3.8, 4) is 0 Å². The first-order chi connectivity index (χ1) is 9.25. The minimum absolute atomic E-state index is 0.139. The summed E-state index contributed by atoms with van der Waals surface area (Å²) in [4.78, 5) is 15.4. The van der Waals surface area contributed by atoms with Gasteiger partial charge in [-0.3, -0.25) is 4.98 Å². The van der Waals surface area contributed by atoms with Crippen LogP contribution in [-0.4, -0.2) is 35.9 Å². The number of aromatic carboxylic acids is 1. The van der Waals surface area contributed by atoms with Gasteiger partial charge in [-0.15, -0.1) is 0 Å². The van der Waals surface area contributed by atoms with Gasteiger partial charge in [0.25, 0.3) is 0 Å². The Morgan fingerprint density at radius 2 is 2.21 bits per heavy atom. The summed E-state index contributed by atoms with van der Waals surface area (Å²) >= 11 is 0. The minimum atomic E-state index is -0.953. The maximum atomic E-state index is 11.2. The van der Waals surface area contributed by atoms with E-state index in [0.29, 0.717) is 30.7 Å². The second-order valence-electron chi connectivity index (χ2n) is 4.37. The van der Waals surface area contributed by atoms with E-state index in [9.17, 15) is 9.90 Å². The molecule has 5 nitrogen and oxygen atoms in total. The van der Waals surface area contributed by atoms with Gasteiger partial charge in [-0.05, 0) is 23.8 Å². The Morgan fingerprint density at radius 1 is 1.32 bits per heavy atom. The van der Waals surface area contributed by atoms with Crippen molar-refractivity contribution < 1.29 is 19.4 Å². The van der Waals surface area contributed by atoms with Crippen LogP contribution >= 0.6 is 0 Å². The molecule has 0 spiro atoms. The molecule has 0 saturated carbocycles. The van der Waals surface area contributed by atoms with Gasteiger partial charge in [0, 0.05) is 11.6 Å². The third-order valence-electron chi connectivity index (χ3n) is 3.18. The number of carboxylic acid groups (broad SMARTS) is 1. The minimum Gasteiger partial charge on any atom is -0.478 e. The zero-order valence-electron chi connectivity index (χ0n) is 10.2. The Morgan fingerprint density at radius 3 is 2.95 bits per heavy atom. The van der Waals surface area contributed by atoms with E-state index in [1.165, 1.54) is 12.3 Å². The lowest BCUT2D eigenvalue weighted by Gasteiger charge is -2.23. The molecule has 0 bridgehead atoms. The van der Waals surface area contributed by atoms with E-state index in [-0.39, 0.29) is 11.7 Å². The monoisotopic (exact) mass is 259 g/mol. The molecular formula is C14H13NO4. The Balaban J connectivity index is 2.08. The average molecular weight is 259 g/mol. The summed E-state index contributed by atoms with van der Waals surface area (Å²) in [6, 6.07) is 7.05. The van der Waals surface area contributed by atoms with E-state index in [0.717, 1.165) is 5.56 Å². The van der Waals surface area contributed by atoms with Crippen LogP contribution < -0.4 is 0 Å². The predicted octanol–water partition coefficient (Wildman–Crippen LogP) is 2.02. The second kappa shape index (κ2) is 4.95. The Bertz CT molecular complexity index is 620. The van der Waals surface area contributed by atoms with Crippen LogP contribution in [0.15, 0.2) is 30.5 Å². The van der Waals surface area contributed by atoms with Crippen LogP contribution in [0.5, 0.6) is 0 Å². The molecule has 1 fully saturated rings. The van der Waals surface area contributed by atoms with Crippen molar-refractivity contribution in [3.05, 3.63) is 41.6 Å². The van der Waals surface area contributed by atoms with E-state index < -0.39 is 5.97 Å². The highest BCUT2D eigenvalue weighted by molar-refractivity contribution is 6.02. The van der Waals surface area contributed by atoms with E-state index in [1.54, 1.807) is 0 Å². The highest BCUT2D eigenvalue weighted by Gasteiger charge is 2.18. The maximum absolute atomic E-state index is 11.2. The molecule has 1 aliphatic rings. The quantitative estimate of drug-likeness (QED) is 0.893. The molecule has 1 aromatic heterocycles. The van der Waals surface area contributed by atoms with Gasteiger partial charge in [0.05, 0.1) is 30.9 Å². The molecule has 1 aliphatic heterocycles. The number of hydrogen-bond donors (Lipinski definition) is 1. The van der Waals surface area contributed by atoms with Crippen molar-refractivity contribution in [3.63, 3.8) is 0 Å². The summed E-state index contributed by atoms with van der Waals surface area (Å²) in [6.45, 7) is 1.65. The molecule has 2 heterocycles. The molecule has 0 radical (unpaired) electrons. The fourth-order valence-corrected chi connectivity index (χ4v) is 2.23. The normalized spacial score (nSPS) is 19.5. The largest absolute Gasteiger partial charge is 0.478 e. The van der Waals surface area contributed by atoms with Crippen LogP contribution in [0.3, 0.4) is 0 Å². The van der Waals surface area contributed by atoms with E-state index >= 15 is 0 Å². The number of rotatable bonds is 2. The summed E-state index contributed by atoms with van der Waals surface area (Å²) in [5.41, 5.74) is 1.84. The van der Waals surface area contributed by atoms with Crippen molar-refractivity contribution in [1.82, 2.24) is 4.98 Å². The number of hydrogen-bond acceptors (Lipinski definition) is 4. The smallest absolute Gasteiger partial charge is 0.336 e. The first kappa shape index (κ1) is 12.1. The molecule has 0 unspecified atom stereocenters. The van der Waals surface area contributed by atoms with Crippen LogP contribution in [0.1, 0.15) is 22.0 Å². The van der Waals surface area contributed by atoms with E-state index in [2.05, 4.69) is 4.98 Å². The van der Waals surface area contributed by atoms with Crippen molar-refractivity contribution >= 4 is 16.9 Å². The topological polar surface area (TPSA) is 68.7 Å². The number of fused-ring (bicyclic) bond motifs is 1. The molecule has 0 amide bonds. The number of ether oxygens (including phenoxy) is 2. The lowest BCUT2D eigenvalue weighted by molar-refractivity contribution is -0.0901. The van der Waals surface area contributed by atoms with Crippen molar-refractivity contribution in [1.29, 1.82) is 0 Å². The number of carboxylic acids is 1. The van der Waals surface area contributed by atoms with Gasteiger partial charge in [-0.2, -0.15) is 0 Å². The van der Waals surface area contributed by atoms with Crippen molar-refractivity contribution in [2.45, 2.75) is 6.10 Å². The van der Waals surface area contributed by atoms with Gasteiger partial charge in [-0.1, -0.05) is 6.07 Å². The molecule has 98 valence electrons. The van der Waals surface area contributed by atoms with Crippen LogP contribution in [0.25, 0.3) is 10.9 Å². The summed E-state index contributed by atoms with van der Waals surface area (Å²) in [5, 5.41) is 9.83. The van der Waals surface area contributed by atoms with E-state index in [1.807, 2.05) is 18.2 Å². The maximum Gasteiger partial charge on any atom is 0.336 e. The van der Waals surface area contributed by atoms with E-state index in [4.69, 9.17) is 9.47 Å². The summed E-state index contributed by atoms with van der Waals surface area (Å²) in [7, 11) is 0. The zero-order valence-corrected chi connectivity index (χ0v) is 10.2. The highest BCUT2D eigenvalue weighted by atomic mass is 16.6. The molecule has 0 aliphatic carbocycles. The molecule has 3 rings (SSSR count). The molecule has 1 aromatic carbocycles. The van der Waals surface area contributed by atoms with Gasteiger partial charge >= 0.3 is 5.97 Å². The predicted molar refractivity (Wildman–Crippen MR) is 68.2 cm³/mol. The van der Waals surface area contributed by atoms with Gasteiger partial charge in [0.2, 0.25) is 0 Å². The summed E-state index contributed by atoms with van der Waals surface area (Å²) in [6.07, 6.45) is 1.37. The molecular weight excluding hydrogens is 246 g/mol. The van der Waals surface area contributed by atoms with Crippen LogP contribution in [0, 0.1) is 0 Å². The number of carbonyl (C=O) groups is 1. The number of pyridine rings is 1. The molecule has 1 atom stereocenters. The Kier molecular flexibility index (Phi) is 3.15. The van der Waals surface area contributed by atoms with Gasteiger partial charge in [0.1, 0.15) is 6.10 Å². The zero-order chi connectivity index (χ0) is 13.2. The summed E-state index contributed by atoms with van der Waals surface area (Å²) in [5.74, 6) is -0.953. The third kappa shape index (κ3) is 2.30. The van der Waals surface area contributed by atoms with Gasteiger partial charge in [-0.25, -0.2) is 4.79 Å². The molecule has 19 heavy (non-hydrogen) atoms. The van der Waals surface area contributed by atoms with Crippen molar-refractivity contribution in [2.24, 2.45) is 0 Å². The lowest BCUT2D eigenvalue weighted by atomic mass is 10.0. The fraction of sp³-hybridized carbons (Fsp3) is 0.286. The second-order valence-corrected chi connectivity index (χ2v) is 4.37. The van der Waals surface area contributed by atoms with Gasteiger partial charge in [0.15, 0.2) is 0 Å². The Labute approximate surface area is 109 Å². The fourth-order valence-electron chi connectivity index (χ4n) is 2.23. The van der Waals surface area contributed by atoms with Crippen LogP contribution in [0.2, 0.25) is 0 Å². The van der Waals surface area contributed by atoms with Crippen LogP contribution in [-0.2, 0) is 9.47 Å². The number of aromatic nitrogens is 1. The SMILES string of the molecule is O=C(O)c1ccnc2ccc([C@@H]3COCCO3)cc12. The van der Waals surface area contributed by atoms with Crippen molar-refractivity contribution in [2.75, 3.05) is 19.8 Å². The Hall–Kier alpha value is -1.98. The van der Waals surface area contributed by atoms with Crippen LogP contribution in [0.4, 0.5) is 0 Å². The lowest BCUT2D eigenvalue weighted by Crippen LogP contribution is -2.21. The first-order valence-electron chi connectivity index (χ1n) is 6.07. The highest BCUT2D eigenvalue weighted by Crippen LogP contribution is 2.25. The third-order valence-corrected chi connectivity index (χ3v) is 3.18. The first-order valence-corrected chi connectivity index (χ1v) is 6.07. The molecule has 5 heteroatoms. The summed E-state index contributed by atoms with van der Waals surface area (Å²) < 4.78 is 11.0. The van der Waals surface area contributed by atoms with Gasteiger partial charge < -0.3 is 14.6 Å². The number of nitrogens with zero attached hydrogens (tertiary/aromatic N) is 1. The number of benzene rings is 1. The standard InChI is InChI=1S/C14H13NO4/c16-14(17)10-3-4-15-12-2-1-9(7-11(10)12)13-8-18-5-6-19-13/h1-4,7,13H,5-6,8H2,(H,16,17)/t13-/m0/s1. The average Bonchev–Trinajstić information content (AvgIpc) is 2.47.